The van der Waals surface area contributed by atoms with E-state index in [9.17, 15) is 9.59 Å². The van der Waals surface area contributed by atoms with E-state index in [1.54, 1.807) is 17.0 Å². The van der Waals surface area contributed by atoms with Crippen LogP contribution in [0.4, 0.5) is 11.6 Å². The van der Waals surface area contributed by atoms with Crippen LogP contribution in [0.25, 0.3) is 11.0 Å². The summed E-state index contributed by atoms with van der Waals surface area (Å²) in [5, 5.41) is 3.32. The average Bonchev–Trinajstić information content (AvgIpc) is 3.44. The molecular weight excluding hydrogens is 416 g/mol. The van der Waals surface area contributed by atoms with E-state index < -0.39 is 6.04 Å². The molecule has 1 saturated heterocycles. The van der Waals surface area contributed by atoms with Gasteiger partial charge in [-0.2, -0.15) is 0 Å². The molecule has 0 spiro atoms. The number of para-hydroxylation sites is 2. The molecule has 5 rings (SSSR count). The molecule has 0 aliphatic carbocycles. The van der Waals surface area contributed by atoms with Crippen LogP contribution in [0.3, 0.4) is 0 Å². The van der Waals surface area contributed by atoms with Gasteiger partial charge in [0.2, 0.25) is 11.9 Å². The summed E-state index contributed by atoms with van der Waals surface area (Å²) in [6, 6.07) is 12.5. The molecule has 2 aliphatic rings. The molecule has 0 saturated carbocycles. The Hall–Kier alpha value is -2.90. The third kappa shape index (κ3) is 3.68. The van der Waals surface area contributed by atoms with Gasteiger partial charge >= 0.3 is 0 Å². The second-order valence-corrected chi connectivity index (χ2v) is 8.51. The number of imidazole rings is 1. The highest BCUT2D eigenvalue weighted by molar-refractivity contribution is 6.33. The van der Waals surface area contributed by atoms with E-state index in [-0.39, 0.29) is 24.3 Å². The number of aromatic nitrogens is 2. The number of nitrogens with zero attached hydrogens (tertiary/aromatic N) is 3. The standard InChI is InChI=1S/C23H23ClN4O3/c1-14-8-9-17(16(24)11-14)25-21(29)12-20-22(30)27(13-15-5-4-10-31-15)23-26-18-6-2-3-7-19(18)28(20)23/h2-3,6-9,11,15,20H,4-5,10,12-13H2,1H3,(H,25,29). The fourth-order valence-electron chi connectivity index (χ4n) is 4.36. The maximum Gasteiger partial charge on any atom is 0.253 e. The first-order valence-corrected chi connectivity index (χ1v) is 10.8. The van der Waals surface area contributed by atoms with E-state index in [0.29, 0.717) is 29.8 Å². The number of hydrogen-bond donors (Lipinski definition) is 1. The first kappa shape index (κ1) is 20.0. The molecule has 2 unspecified atom stereocenters. The normalized spacial score (nSPS) is 20.5. The van der Waals surface area contributed by atoms with Gasteiger partial charge in [-0.15, -0.1) is 0 Å². The van der Waals surface area contributed by atoms with Gasteiger partial charge in [0, 0.05) is 6.61 Å². The molecule has 0 bridgehead atoms. The van der Waals surface area contributed by atoms with Crippen molar-refractivity contribution < 1.29 is 14.3 Å². The molecule has 7 nitrogen and oxygen atoms in total. The van der Waals surface area contributed by atoms with Crippen molar-refractivity contribution in [3.8, 4) is 0 Å². The lowest BCUT2D eigenvalue weighted by Crippen LogP contribution is -2.37. The number of anilines is 2. The Morgan fingerprint density at radius 2 is 2.13 bits per heavy atom. The van der Waals surface area contributed by atoms with Gasteiger partial charge in [0.25, 0.3) is 5.91 Å². The Bertz CT molecular complexity index is 1170. The van der Waals surface area contributed by atoms with Gasteiger partial charge in [-0.05, 0) is 49.6 Å². The first-order valence-electron chi connectivity index (χ1n) is 10.5. The largest absolute Gasteiger partial charge is 0.376 e. The van der Waals surface area contributed by atoms with Crippen molar-refractivity contribution >= 4 is 46.1 Å². The number of carbonyl (C=O) groups is 2. The van der Waals surface area contributed by atoms with Crippen molar-refractivity contribution in [2.45, 2.75) is 38.3 Å². The predicted octanol–water partition coefficient (Wildman–Crippen LogP) is 4.09. The highest BCUT2D eigenvalue weighted by Gasteiger charge is 2.42. The number of halogens is 1. The van der Waals surface area contributed by atoms with Crippen molar-refractivity contribution in [2.24, 2.45) is 0 Å². The minimum absolute atomic E-state index is 0.00157. The predicted molar refractivity (Wildman–Crippen MR) is 120 cm³/mol. The number of ether oxygens (including phenoxy) is 1. The summed E-state index contributed by atoms with van der Waals surface area (Å²) in [6.07, 6.45) is 1.90. The molecule has 1 N–H and O–H groups in total. The first-order chi connectivity index (χ1) is 15.0. The summed E-state index contributed by atoms with van der Waals surface area (Å²) in [6.45, 7) is 3.10. The molecule has 2 aromatic carbocycles. The molecule has 2 amide bonds. The van der Waals surface area contributed by atoms with Gasteiger partial charge in [-0.3, -0.25) is 19.1 Å². The molecule has 3 heterocycles. The maximum atomic E-state index is 13.4. The van der Waals surface area contributed by atoms with Crippen LogP contribution in [0.5, 0.6) is 0 Å². The number of rotatable bonds is 5. The van der Waals surface area contributed by atoms with Crippen molar-refractivity contribution in [1.29, 1.82) is 0 Å². The van der Waals surface area contributed by atoms with Crippen LogP contribution in [0.2, 0.25) is 5.02 Å². The molecule has 2 atom stereocenters. The number of fused-ring (bicyclic) bond motifs is 3. The average molecular weight is 439 g/mol. The van der Waals surface area contributed by atoms with Crippen LogP contribution in [0.1, 0.15) is 30.9 Å². The smallest absolute Gasteiger partial charge is 0.253 e. The second kappa shape index (κ2) is 7.98. The van der Waals surface area contributed by atoms with E-state index in [0.717, 1.165) is 29.4 Å². The van der Waals surface area contributed by atoms with Crippen molar-refractivity contribution in [3.05, 3.63) is 53.1 Å². The van der Waals surface area contributed by atoms with E-state index in [1.807, 2.05) is 41.8 Å². The van der Waals surface area contributed by atoms with Crippen LogP contribution in [0, 0.1) is 6.92 Å². The lowest BCUT2D eigenvalue weighted by Gasteiger charge is -2.19. The van der Waals surface area contributed by atoms with Crippen LogP contribution >= 0.6 is 11.6 Å². The summed E-state index contributed by atoms with van der Waals surface area (Å²) in [5.74, 6) is 0.175. The molecule has 8 heteroatoms. The highest BCUT2D eigenvalue weighted by atomic mass is 35.5. The summed E-state index contributed by atoms with van der Waals surface area (Å²) in [7, 11) is 0. The van der Waals surface area contributed by atoms with Gasteiger partial charge in [-0.25, -0.2) is 4.98 Å². The number of amides is 2. The number of nitrogens with one attached hydrogen (secondary N) is 1. The quantitative estimate of drug-likeness (QED) is 0.650. The number of hydrogen-bond acceptors (Lipinski definition) is 4. The highest BCUT2D eigenvalue weighted by Crippen LogP contribution is 2.37. The van der Waals surface area contributed by atoms with Crippen LogP contribution in [-0.4, -0.2) is 40.6 Å². The lowest BCUT2D eigenvalue weighted by molar-refractivity contribution is -0.124. The third-order valence-corrected chi connectivity index (χ3v) is 6.18. The molecule has 1 fully saturated rings. The summed E-state index contributed by atoms with van der Waals surface area (Å²) in [5.41, 5.74) is 3.18. The molecule has 0 radical (unpaired) electrons. The summed E-state index contributed by atoms with van der Waals surface area (Å²) in [4.78, 5) is 32.6. The summed E-state index contributed by atoms with van der Waals surface area (Å²) >= 11 is 6.26. The molecular formula is C23H23ClN4O3. The van der Waals surface area contributed by atoms with Crippen LogP contribution < -0.4 is 10.2 Å². The van der Waals surface area contributed by atoms with Gasteiger partial charge < -0.3 is 10.1 Å². The minimum Gasteiger partial charge on any atom is -0.376 e. The van der Waals surface area contributed by atoms with Crippen molar-refractivity contribution in [1.82, 2.24) is 9.55 Å². The fourth-order valence-corrected chi connectivity index (χ4v) is 4.64. The molecule has 1 aromatic heterocycles. The molecule has 3 aromatic rings. The summed E-state index contributed by atoms with van der Waals surface area (Å²) < 4.78 is 7.62. The zero-order valence-electron chi connectivity index (χ0n) is 17.2. The second-order valence-electron chi connectivity index (χ2n) is 8.11. The number of benzene rings is 2. The number of aryl methyl sites for hydroxylation is 1. The van der Waals surface area contributed by atoms with Gasteiger partial charge in [0.1, 0.15) is 6.04 Å². The van der Waals surface area contributed by atoms with E-state index >= 15 is 0 Å². The van der Waals surface area contributed by atoms with E-state index in [2.05, 4.69) is 5.32 Å². The SMILES string of the molecule is Cc1ccc(NC(=O)CC2C(=O)N(CC3CCCO3)c3nc4ccccc4n32)c(Cl)c1. The fraction of sp³-hybridized carbons (Fsp3) is 0.348. The van der Waals surface area contributed by atoms with Gasteiger partial charge in [-0.1, -0.05) is 29.8 Å². The maximum absolute atomic E-state index is 13.4. The van der Waals surface area contributed by atoms with E-state index in [1.165, 1.54) is 0 Å². The lowest BCUT2D eigenvalue weighted by atomic mass is 10.1. The topological polar surface area (TPSA) is 76.5 Å². The Morgan fingerprint density at radius 3 is 2.90 bits per heavy atom. The molecule has 2 aliphatic heterocycles. The zero-order valence-corrected chi connectivity index (χ0v) is 17.9. The Labute approximate surface area is 184 Å². The molecule has 160 valence electrons. The van der Waals surface area contributed by atoms with E-state index in [4.69, 9.17) is 21.3 Å². The monoisotopic (exact) mass is 438 g/mol. The Kier molecular flexibility index (Phi) is 5.16. The third-order valence-electron chi connectivity index (χ3n) is 5.87. The van der Waals surface area contributed by atoms with Gasteiger partial charge in [0.05, 0.1) is 40.8 Å². The zero-order chi connectivity index (χ0) is 21.5. The van der Waals surface area contributed by atoms with Gasteiger partial charge in [0.15, 0.2) is 0 Å². The van der Waals surface area contributed by atoms with Crippen LogP contribution in [0.15, 0.2) is 42.5 Å². The van der Waals surface area contributed by atoms with Crippen molar-refractivity contribution in [2.75, 3.05) is 23.4 Å². The number of carbonyl (C=O) groups excluding carboxylic acids is 2. The Balaban J connectivity index is 1.44. The Morgan fingerprint density at radius 1 is 1.29 bits per heavy atom. The van der Waals surface area contributed by atoms with Crippen molar-refractivity contribution in [3.63, 3.8) is 0 Å². The minimum atomic E-state index is -0.659. The van der Waals surface area contributed by atoms with Crippen LogP contribution in [-0.2, 0) is 14.3 Å². The molecule has 31 heavy (non-hydrogen) atoms.